The van der Waals surface area contributed by atoms with E-state index in [1.165, 1.54) is 11.3 Å². The summed E-state index contributed by atoms with van der Waals surface area (Å²) in [6.07, 6.45) is 2.18. The van der Waals surface area contributed by atoms with Crippen LogP contribution in [0.4, 0.5) is 10.1 Å². The molecule has 1 unspecified atom stereocenters. The summed E-state index contributed by atoms with van der Waals surface area (Å²) in [4.78, 5) is 6.36. The fourth-order valence-corrected chi connectivity index (χ4v) is 2.67. The van der Waals surface area contributed by atoms with Gasteiger partial charge in [-0.2, -0.15) is 0 Å². The Hall–Kier alpha value is -0.810. The molecule has 1 fully saturated rings. The maximum absolute atomic E-state index is 9.80. The lowest BCUT2D eigenvalue weighted by Crippen LogP contribution is -2.45. The molecule has 1 aliphatic rings. The first-order valence-corrected chi connectivity index (χ1v) is 5.50. The number of aliphatic hydroxyl groups is 1. The van der Waals surface area contributed by atoms with Crippen molar-refractivity contribution >= 4 is 21.5 Å². The van der Waals surface area contributed by atoms with Gasteiger partial charge in [0.1, 0.15) is 5.00 Å². The van der Waals surface area contributed by atoms with Crippen LogP contribution >= 0.6 is 11.3 Å². The normalized spacial score (nSPS) is 25.6. The number of hydrogen-bond acceptors (Lipinski definition) is 5. The van der Waals surface area contributed by atoms with E-state index >= 15 is 0 Å². The fourth-order valence-electron chi connectivity index (χ4n) is 1.82. The van der Waals surface area contributed by atoms with Gasteiger partial charge in [0, 0.05) is 6.54 Å². The van der Waals surface area contributed by atoms with Crippen molar-refractivity contribution in [1.82, 2.24) is 4.98 Å². The van der Waals surface area contributed by atoms with E-state index in [0.29, 0.717) is 0 Å². The van der Waals surface area contributed by atoms with Crippen molar-refractivity contribution < 1.29 is 5.11 Å². The van der Waals surface area contributed by atoms with Crippen LogP contribution in [-0.2, 0) is 0 Å². The van der Waals surface area contributed by atoms with Crippen LogP contribution in [-0.4, -0.2) is 28.3 Å². The zero-order valence-corrected chi connectivity index (χ0v) is 9.21. The van der Waals surface area contributed by atoms with Crippen molar-refractivity contribution in [2.45, 2.75) is 31.9 Å². The number of aliphatic hydroxyl groups excluding tert-OH is 1. The summed E-state index contributed by atoms with van der Waals surface area (Å²) in [5.41, 5.74) is 5.40. The van der Waals surface area contributed by atoms with E-state index in [0.717, 1.165) is 23.1 Å². The van der Waals surface area contributed by atoms with Crippen molar-refractivity contribution in [1.29, 1.82) is 0 Å². The third kappa shape index (κ3) is 1.36. The molecule has 1 aromatic rings. The molecule has 1 atom stereocenters. The second-order valence-electron chi connectivity index (χ2n) is 4.15. The van der Waals surface area contributed by atoms with Gasteiger partial charge in [0.05, 0.1) is 17.8 Å². The Kier molecular flexibility index (Phi) is 2.16. The second kappa shape index (κ2) is 3.10. The highest BCUT2D eigenvalue weighted by Crippen LogP contribution is 2.36. The van der Waals surface area contributed by atoms with Crippen molar-refractivity contribution in [2.24, 2.45) is 0 Å². The summed E-state index contributed by atoms with van der Waals surface area (Å²) < 4.78 is 0. The molecule has 14 heavy (non-hydrogen) atoms. The third-order valence-electron chi connectivity index (χ3n) is 2.88. The minimum atomic E-state index is -0.285. The molecule has 1 saturated heterocycles. The molecule has 0 saturated carbocycles. The van der Waals surface area contributed by atoms with Crippen LogP contribution in [0, 0.1) is 0 Å². The van der Waals surface area contributed by atoms with Crippen LogP contribution in [0.1, 0.15) is 20.3 Å². The lowest BCUT2D eigenvalue weighted by atomic mass is 9.99. The van der Waals surface area contributed by atoms with Gasteiger partial charge >= 0.3 is 0 Å². The molecule has 1 aromatic heterocycles. The maximum Gasteiger partial charge on any atom is 0.187 e. The predicted octanol–water partition coefficient (Wildman–Crippen LogP) is 1.07. The monoisotopic (exact) mass is 213 g/mol. The first kappa shape index (κ1) is 9.73. The fraction of sp³-hybridized carbons (Fsp3) is 0.667. The summed E-state index contributed by atoms with van der Waals surface area (Å²) >= 11 is 1.47. The average molecular weight is 213 g/mol. The highest BCUT2D eigenvalue weighted by molar-refractivity contribution is 7.19. The number of nitrogens with zero attached hydrogens (tertiary/aromatic N) is 2. The SMILES string of the molecule is CC1(C)C(O)CCN1c1ncc(N)s1. The Labute approximate surface area is 87.4 Å². The van der Waals surface area contributed by atoms with Crippen LogP contribution in [0.3, 0.4) is 0 Å². The molecule has 78 valence electrons. The standard InChI is InChI=1S/C9H15N3OS/c1-9(2)6(13)3-4-12(9)8-11-5-7(10)14-8/h5-6,13H,3-4,10H2,1-2H3. The van der Waals surface area contributed by atoms with Gasteiger partial charge in [-0.15, -0.1) is 0 Å². The summed E-state index contributed by atoms with van der Waals surface area (Å²) in [7, 11) is 0. The van der Waals surface area contributed by atoms with Crippen LogP contribution < -0.4 is 10.6 Å². The van der Waals surface area contributed by atoms with E-state index in [1.807, 2.05) is 13.8 Å². The Morgan fingerprint density at radius 3 is 2.86 bits per heavy atom. The van der Waals surface area contributed by atoms with Crippen LogP contribution in [0.25, 0.3) is 0 Å². The quantitative estimate of drug-likeness (QED) is 0.732. The highest BCUT2D eigenvalue weighted by Gasteiger charge is 2.41. The number of hydrogen-bond donors (Lipinski definition) is 2. The van der Waals surface area contributed by atoms with Gasteiger partial charge < -0.3 is 15.7 Å². The zero-order chi connectivity index (χ0) is 10.3. The summed E-state index contributed by atoms with van der Waals surface area (Å²) in [5, 5.41) is 11.4. The average Bonchev–Trinajstić information content (AvgIpc) is 2.60. The van der Waals surface area contributed by atoms with Crippen molar-refractivity contribution in [3.63, 3.8) is 0 Å². The number of aromatic nitrogens is 1. The molecule has 3 N–H and O–H groups in total. The number of nitrogen functional groups attached to an aromatic ring is 1. The number of anilines is 2. The molecule has 2 heterocycles. The van der Waals surface area contributed by atoms with E-state index < -0.39 is 0 Å². The first-order valence-electron chi connectivity index (χ1n) is 4.69. The summed E-state index contributed by atoms with van der Waals surface area (Å²) in [5.74, 6) is 0. The molecule has 0 amide bonds. The molecule has 0 aromatic carbocycles. The smallest absolute Gasteiger partial charge is 0.187 e. The van der Waals surface area contributed by atoms with E-state index in [4.69, 9.17) is 5.73 Å². The van der Waals surface area contributed by atoms with Gasteiger partial charge in [0.2, 0.25) is 0 Å². The van der Waals surface area contributed by atoms with Crippen LogP contribution in [0.5, 0.6) is 0 Å². The van der Waals surface area contributed by atoms with Gasteiger partial charge in [-0.1, -0.05) is 11.3 Å². The molecular formula is C9H15N3OS. The lowest BCUT2D eigenvalue weighted by molar-refractivity contribution is 0.127. The molecule has 0 radical (unpaired) electrons. The lowest BCUT2D eigenvalue weighted by Gasteiger charge is -2.33. The van der Waals surface area contributed by atoms with E-state index in [2.05, 4.69) is 9.88 Å². The van der Waals surface area contributed by atoms with Gasteiger partial charge in [0.15, 0.2) is 5.13 Å². The molecule has 5 heteroatoms. The molecular weight excluding hydrogens is 198 g/mol. The largest absolute Gasteiger partial charge is 0.391 e. The minimum Gasteiger partial charge on any atom is -0.391 e. The molecule has 1 aliphatic heterocycles. The molecule has 2 rings (SSSR count). The minimum absolute atomic E-state index is 0.232. The Morgan fingerprint density at radius 2 is 2.43 bits per heavy atom. The van der Waals surface area contributed by atoms with Crippen molar-refractivity contribution in [3.8, 4) is 0 Å². The first-order chi connectivity index (χ1) is 6.51. The molecule has 0 bridgehead atoms. The highest BCUT2D eigenvalue weighted by atomic mass is 32.1. The van der Waals surface area contributed by atoms with E-state index in [-0.39, 0.29) is 11.6 Å². The Morgan fingerprint density at radius 1 is 1.71 bits per heavy atom. The van der Waals surface area contributed by atoms with E-state index in [9.17, 15) is 5.11 Å². The van der Waals surface area contributed by atoms with Crippen LogP contribution in [0.2, 0.25) is 0 Å². The number of nitrogens with two attached hydrogens (primary N) is 1. The maximum atomic E-state index is 9.80. The zero-order valence-electron chi connectivity index (χ0n) is 8.40. The third-order valence-corrected chi connectivity index (χ3v) is 3.73. The molecule has 0 spiro atoms. The predicted molar refractivity (Wildman–Crippen MR) is 58.6 cm³/mol. The number of rotatable bonds is 1. The number of thiazole rings is 1. The van der Waals surface area contributed by atoms with Crippen molar-refractivity contribution in [2.75, 3.05) is 17.2 Å². The topological polar surface area (TPSA) is 62.4 Å². The van der Waals surface area contributed by atoms with Crippen LogP contribution in [0.15, 0.2) is 6.20 Å². The Balaban J connectivity index is 2.28. The van der Waals surface area contributed by atoms with Crippen molar-refractivity contribution in [3.05, 3.63) is 6.20 Å². The molecule has 0 aliphatic carbocycles. The van der Waals surface area contributed by atoms with Gasteiger partial charge in [-0.3, -0.25) is 0 Å². The second-order valence-corrected chi connectivity index (χ2v) is 5.20. The van der Waals surface area contributed by atoms with E-state index in [1.54, 1.807) is 6.20 Å². The van der Waals surface area contributed by atoms with Gasteiger partial charge in [0.25, 0.3) is 0 Å². The molecule has 4 nitrogen and oxygen atoms in total. The van der Waals surface area contributed by atoms with Gasteiger partial charge in [-0.25, -0.2) is 4.98 Å². The Bertz CT molecular complexity index is 337. The summed E-state index contributed by atoms with van der Waals surface area (Å²) in [6, 6.07) is 0. The summed E-state index contributed by atoms with van der Waals surface area (Å²) in [6.45, 7) is 4.91. The van der Waals surface area contributed by atoms with Gasteiger partial charge in [-0.05, 0) is 20.3 Å².